The number of aromatic nitrogens is 3. The Balaban J connectivity index is 1.78. The van der Waals surface area contributed by atoms with Crippen molar-refractivity contribution in [3.05, 3.63) is 92.4 Å². The summed E-state index contributed by atoms with van der Waals surface area (Å²) in [6.07, 6.45) is 1.53. The Morgan fingerprint density at radius 2 is 1.83 bits per heavy atom. The number of para-hydroxylation sites is 1. The number of aromatic amines is 1. The van der Waals surface area contributed by atoms with Gasteiger partial charge in [0.15, 0.2) is 0 Å². The molecule has 0 unspecified atom stereocenters. The van der Waals surface area contributed by atoms with Crippen LogP contribution < -0.4 is 16.0 Å². The quantitative estimate of drug-likeness (QED) is 0.546. The molecule has 0 amide bonds. The van der Waals surface area contributed by atoms with E-state index in [-0.39, 0.29) is 0 Å². The highest BCUT2D eigenvalue weighted by Crippen LogP contribution is 2.23. The molecule has 0 bridgehead atoms. The number of H-pyrrole nitrogens is 1. The second kappa shape index (κ2) is 7.27. The van der Waals surface area contributed by atoms with Crippen LogP contribution in [0.5, 0.6) is 5.75 Å². The number of nitrogens with one attached hydrogen (secondary N) is 1. The van der Waals surface area contributed by atoms with Gasteiger partial charge in [0.1, 0.15) is 5.75 Å². The molecule has 4 aromatic rings. The summed E-state index contributed by atoms with van der Waals surface area (Å²) in [5.41, 5.74) is 3.16. The lowest BCUT2D eigenvalue weighted by atomic mass is 10.2. The summed E-state index contributed by atoms with van der Waals surface area (Å²) in [4.78, 5) is 27.6. The molecule has 0 spiro atoms. The molecular formula is C22H20N4O3. The molecule has 7 nitrogen and oxygen atoms in total. The average molecular weight is 388 g/mol. The monoisotopic (exact) mass is 388 g/mol. The van der Waals surface area contributed by atoms with Gasteiger partial charge in [-0.25, -0.2) is 4.79 Å². The van der Waals surface area contributed by atoms with Crippen molar-refractivity contribution in [1.29, 1.82) is 0 Å². The Morgan fingerprint density at radius 3 is 2.62 bits per heavy atom. The highest BCUT2D eigenvalue weighted by Gasteiger charge is 2.11. The molecule has 2 heterocycles. The molecule has 0 aliphatic carbocycles. The molecule has 4 rings (SSSR count). The molecule has 7 heteroatoms. The van der Waals surface area contributed by atoms with E-state index in [0.29, 0.717) is 10.9 Å². The van der Waals surface area contributed by atoms with Gasteiger partial charge in [0.05, 0.1) is 24.2 Å². The number of rotatable bonds is 4. The minimum atomic E-state index is -0.577. The van der Waals surface area contributed by atoms with E-state index in [9.17, 15) is 9.59 Å². The van der Waals surface area contributed by atoms with Crippen LogP contribution in [0.1, 0.15) is 17.0 Å². The molecule has 146 valence electrons. The molecule has 0 aliphatic rings. The first kappa shape index (κ1) is 18.5. The summed E-state index contributed by atoms with van der Waals surface area (Å²) in [6, 6.07) is 16.6. The fourth-order valence-electron chi connectivity index (χ4n) is 3.44. The van der Waals surface area contributed by atoms with E-state index >= 15 is 0 Å². The predicted molar refractivity (Wildman–Crippen MR) is 114 cm³/mol. The number of aryl methyl sites for hydroxylation is 1. The molecule has 1 N–H and O–H groups in total. The first-order chi connectivity index (χ1) is 14.0. The van der Waals surface area contributed by atoms with Gasteiger partial charge in [-0.2, -0.15) is 5.10 Å². The first-order valence-electron chi connectivity index (χ1n) is 9.11. The summed E-state index contributed by atoms with van der Waals surface area (Å²) >= 11 is 0. The smallest absolute Gasteiger partial charge is 0.349 e. The van der Waals surface area contributed by atoms with Crippen molar-refractivity contribution in [2.24, 2.45) is 5.10 Å². The van der Waals surface area contributed by atoms with Crippen LogP contribution >= 0.6 is 0 Å². The maximum atomic E-state index is 12.6. The fourth-order valence-corrected chi connectivity index (χ4v) is 3.44. The molecule has 0 atom stereocenters. The van der Waals surface area contributed by atoms with Gasteiger partial charge < -0.3 is 14.3 Å². The standard InChI is InChI=1S/C22H20N4O3/c1-14-11-16(15(2)25(14)17-7-6-8-18(12-17)29-3)13-23-26-21(27)19-9-4-5-10-20(19)24-22(26)28/h4-13H,1-3H3,(H,24,28). The molecular weight excluding hydrogens is 368 g/mol. The van der Waals surface area contributed by atoms with Crippen LogP contribution in [0.2, 0.25) is 0 Å². The van der Waals surface area contributed by atoms with Gasteiger partial charge in [-0.15, -0.1) is 4.68 Å². The Kier molecular flexibility index (Phi) is 4.64. The molecule has 0 fully saturated rings. The Labute approximate surface area is 166 Å². The van der Waals surface area contributed by atoms with Crippen molar-refractivity contribution in [2.45, 2.75) is 13.8 Å². The molecule has 0 aliphatic heterocycles. The van der Waals surface area contributed by atoms with Crippen LogP contribution in [-0.4, -0.2) is 27.6 Å². The van der Waals surface area contributed by atoms with E-state index in [2.05, 4.69) is 14.7 Å². The Bertz CT molecular complexity index is 1360. The van der Waals surface area contributed by atoms with Crippen molar-refractivity contribution in [3.63, 3.8) is 0 Å². The summed E-state index contributed by atoms with van der Waals surface area (Å²) in [6.45, 7) is 3.94. The number of benzene rings is 2. The van der Waals surface area contributed by atoms with Gasteiger partial charge >= 0.3 is 5.69 Å². The van der Waals surface area contributed by atoms with Crippen LogP contribution in [-0.2, 0) is 0 Å². The van der Waals surface area contributed by atoms with Crippen molar-refractivity contribution in [1.82, 2.24) is 14.2 Å². The van der Waals surface area contributed by atoms with Crippen LogP contribution in [0.3, 0.4) is 0 Å². The van der Waals surface area contributed by atoms with E-state index < -0.39 is 11.2 Å². The number of hydrogen-bond acceptors (Lipinski definition) is 4. The molecule has 2 aromatic heterocycles. The van der Waals surface area contributed by atoms with E-state index in [1.54, 1.807) is 31.4 Å². The first-order valence-corrected chi connectivity index (χ1v) is 9.11. The second-order valence-corrected chi connectivity index (χ2v) is 6.70. The number of nitrogens with zero attached hydrogens (tertiary/aromatic N) is 3. The summed E-state index contributed by atoms with van der Waals surface area (Å²) in [7, 11) is 1.63. The molecule has 0 radical (unpaired) electrons. The van der Waals surface area contributed by atoms with Gasteiger partial charge in [-0.05, 0) is 44.2 Å². The van der Waals surface area contributed by atoms with Crippen LogP contribution in [0.15, 0.2) is 69.3 Å². The molecule has 2 aromatic carbocycles. The van der Waals surface area contributed by atoms with Crippen LogP contribution in [0.4, 0.5) is 0 Å². The molecule has 0 saturated carbocycles. The number of methoxy groups -OCH3 is 1. The highest BCUT2D eigenvalue weighted by atomic mass is 16.5. The highest BCUT2D eigenvalue weighted by molar-refractivity contribution is 5.82. The normalized spacial score (nSPS) is 11.4. The lowest BCUT2D eigenvalue weighted by Crippen LogP contribution is -2.32. The third kappa shape index (κ3) is 3.27. The molecule has 0 saturated heterocycles. The van der Waals surface area contributed by atoms with Crippen LogP contribution in [0.25, 0.3) is 16.6 Å². The topological polar surface area (TPSA) is 81.4 Å². The van der Waals surface area contributed by atoms with Gasteiger partial charge in [0.25, 0.3) is 5.56 Å². The van der Waals surface area contributed by atoms with Gasteiger partial charge in [0.2, 0.25) is 0 Å². The summed E-state index contributed by atoms with van der Waals surface area (Å²) < 4.78 is 8.23. The van der Waals surface area contributed by atoms with E-state index in [0.717, 1.165) is 33.1 Å². The largest absolute Gasteiger partial charge is 0.497 e. The third-order valence-corrected chi connectivity index (χ3v) is 4.88. The SMILES string of the molecule is COc1cccc(-n2c(C)cc(C=Nn3c(=O)[nH]c4ccccc4c3=O)c2C)c1. The van der Waals surface area contributed by atoms with Crippen molar-refractivity contribution in [2.75, 3.05) is 7.11 Å². The number of ether oxygens (including phenoxy) is 1. The summed E-state index contributed by atoms with van der Waals surface area (Å²) in [5, 5.41) is 4.57. The van der Waals surface area contributed by atoms with Crippen molar-refractivity contribution < 1.29 is 4.74 Å². The molecule has 29 heavy (non-hydrogen) atoms. The Hall–Kier alpha value is -3.87. The van der Waals surface area contributed by atoms with Gasteiger partial charge in [0, 0.05) is 28.7 Å². The van der Waals surface area contributed by atoms with E-state index in [1.165, 1.54) is 6.21 Å². The zero-order valence-electron chi connectivity index (χ0n) is 16.3. The third-order valence-electron chi connectivity index (χ3n) is 4.88. The predicted octanol–water partition coefficient (Wildman–Crippen LogP) is 2.99. The minimum Gasteiger partial charge on any atom is -0.497 e. The average Bonchev–Trinajstić information content (AvgIpc) is 3.01. The zero-order valence-corrected chi connectivity index (χ0v) is 16.3. The van der Waals surface area contributed by atoms with E-state index in [1.807, 2.05) is 44.2 Å². The lowest BCUT2D eigenvalue weighted by molar-refractivity contribution is 0.414. The maximum absolute atomic E-state index is 12.6. The number of hydrogen-bond donors (Lipinski definition) is 1. The van der Waals surface area contributed by atoms with Gasteiger partial charge in [-0.1, -0.05) is 18.2 Å². The van der Waals surface area contributed by atoms with Crippen molar-refractivity contribution >= 4 is 17.1 Å². The second-order valence-electron chi connectivity index (χ2n) is 6.70. The lowest BCUT2D eigenvalue weighted by Gasteiger charge is -2.11. The van der Waals surface area contributed by atoms with Crippen LogP contribution in [0, 0.1) is 13.8 Å². The maximum Gasteiger partial charge on any atom is 0.349 e. The Morgan fingerprint density at radius 1 is 1.03 bits per heavy atom. The van der Waals surface area contributed by atoms with Gasteiger partial charge in [-0.3, -0.25) is 4.79 Å². The summed E-state index contributed by atoms with van der Waals surface area (Å²) in [5.74, 6) is 0.763. The van der Waals surface area contributed by atoms with Crippen molar-refractivity contribution in [3.8, 4) is 11.4 Å². The number of fused-ring (bicyclic) bond motifs is 1. The minimum absolute atomic E-state index is 0.408. The fraction of sp³-hybridized carbons (Fsp3) is 0.136. The van der Waals surface area contributed by atoms with E-state index in [4.69, 9.17) is 4.74 Å². The zero-order chi connectivity index (χ0) is 20.5.